The molecule has 3 rings (SSSR count). The molecule has 0 aliphatic rings. The summed E-state index contributed by atoms with van der Waals surface area (Å²) < 4.78 is 16.0. The molecule has 0 bridgehead atoms. The van der Waals surface area contributed by atoms with Gasteiger partial charge in [0.1, 0.15) is 5.82 Å². The largest absolute Gasteiger partial charge is 0.355 e. The fourth-order valence-corrected chi connectivity index (χ4v) is 3.74. The molecule has 0 radical (unpaired) electrons. The topological polar surface area (TPSA) is 59.8 Å². The summed E-state index contributed by atoms with van der Waals surface area (Å²) in [5, 5.41) is 11.9. The second-order valence-corrected chi connectivity index (χ2v) is 7.57. The molecule has 1 aromatic heterocycles. The lowest BCUT2D eigenvalue weighted by molar-refractivity contribution is -0.118. The van der Waals surface area contributed by atoms with Crippen molar-refractivity contribution in [2.45, 2.75) is 31.5 Å². The van der Waals surface area contributed by atoms with Gasteiger partial charge < -0.3 is 5.32 Å². The summed E-state index contributed by atoms with van der Waals surface area (Å²) in [6.45, 7) is 4.55. The molecule has 0 saturated heterocycles. The van der Waals surface area contributed by atoms with E-state index >= 15 is 0 Å². The van der Waals surface area contributed by atoms with Gasteiger partial charge >= 0.3 is 0 Å². The second kappa shape index (κ2) is 9.50. The maximum absolute atomic E-state index is 14.2. The van der Waals surface area contributed by atoms with Crippen molar-refractivity contribution in [3.8, 4) is 11.4 Å². The van der Waals surface area contributed by atoms with Crippen LogP contribution in [-0.4, -0.2) is 33.0 Å². The average molecular weight is 399 g/mol. The van der Waals surface area contributed by atoms with Crippen LogP contribution in [0.15, 0.2) is 59.8 Å². The fourth-order valence-electron chi connectivity index (χ4n) is 2.84. The van der Waals surface area contributed by atoms with E-state index < -0.39 is 0 Å². The molecule has 0 unspecified atom stereocenters. The van der Waals surface area contributed by atoms with Crippen molar-refractivity contribution >= 4 is 17.7 Å². The van der Waals surface area contributed by atoms with E-state index in [4.69, 9.17) is 0 Å². The normalized spacial score (nSPS) is 11.0. The van der Waals surface area contributed by atoms with E-state index in [0.29, 0.717) is 23.1 Å². The molecule has 5 nitrogen and oxygen atoms in total. The van der Waals surface area contributed by atoms with Crippen molar-refractivity contribution in [3.63, 3.8) is 0 Å². The van der Waals surface area contributed by atoms with Crippen LogP contribution in [-0.2, 0) is 11.2 Å². The number of nitrogens with one attached hydrogen (secondary N) is 1. The molecule has 0 atom stereocenters. The second-order valence-electron chi connectivity index (χ2n) is 6.62. The van der Waals surface area contributed by atoms with Crippen LogP contribution in [0.5, 0.6) is 0 Å². The summed E-state index contributed by atoms with van der Waals surface area (Å²) in [5.41, 5.74) is 1.59. The molecule has 2 aromatic carbocycles. The quantitative estimate of drug-likeness (QED) is 0.580. The third-order valence-corrected chi connectivity index (χ3v) is 5.15. The maximum atomic E-state index is 14.2. The lowest BCUT2D eigenvalue weighted by atomic mass is 10.1. The van der Waals surface area contributed by atoms with E-state index in [0.717, 1.165) is 6.42 Å². The molecule has 0 fully saturated rings. The molecule has 0 aliphatic carbocycles. The van der Waals surface area contributed by atoms with E-state index in [2.05, 4.69) is 15.5 Å². The Hall–Kier alpha value is -2.67. The SMILES string of the molecule is CC(C)n1c(SCC(=O)NCCc2ccccc2)nnc1-c1ccccc1F. The molecule has 1 heterocycles. The zero-order valence-electron chi connectivity index (χ0n) is 15.9. The molecular formula is C21H23FN4OS. The third-order valence-electron chi connectivity index (χ3n) is 4.21. The molecule has 0 saturated carbocycles. The average Bonchev–Trinajstić information content (AvgIpc) is 3.11. The summed E-state index contributed by atoms with van der Waals surface area (Å²) in [7, 11) is 0. The zero-order chi connectivity index (χ0) is 19.9. The first-order chi connectivity index (χ1) is 13.6. The summed E-state index contributed by atoms with van der Waals surface area (Å²) in [6, 6.07) is 16.6. The molecule has 7 heteroatoms. The first-order valence-electron chi connectivity index (χ1n) is 9.19. The number of hydrogen-bond donors (Lipinski definition) is 1. The van der Waals surface area contributed by atoms with Gasteiger partial charge in [0.15, 0.2) is 11.0 Å². The van der Waals surface area contributed by atoms with Crippen LogP contribution in [0.25, 0.3) is 11.4 Å². The number of halogens is 1. The van der Waals surface area contributed by atoms with Gasteiger partial charge in [-0.2, -0.15) is 0 Å². The number of rotatable bonds is 8. The van der Waals surface area contributed by atoms with Gasteiger partial charge in [-0.15, -0.1) is 10.2 Å². The Morgan fingerprint density at radius 2 is 1.82 bits per heavy atom. The van der Waals surface area contributed by atoms with Gasteiger partial charge in [0, 0.05) is 12.6 Å². The van der Waals surface area contributed by atoms with Crippen molar-refractivity contribution in [1.29, 1.82) is 0 Å². The predicted octanol–water partition coefficient (Wildman–Crippen LogP) is 4.12. The van der Waals surface area contributed by atoms with Crippen molar-refractivity contribution in [3.05, 3.63) is 66.0 Å². The number of thioether (sulfide) groups is 1. The first kappa shape index (κ1) is 20.1. The van der Waals surface area contributed by atoms with Crippen molar-refractivity contribution < 1.29 is 9.18 Å². The number of aromatic nitrogens is 3. The summed E-state index contributed by atoms with van der Waals surface area (Å²) >= 11 is 1.31. The van der Waals surface area contributed by atoms with Crippen LogP contribution in [0.2, 0.25) is 0 Å². The van der Waals surface area contributed by atoms with Gasteiger partial charge in [-0.1, -0.05) is 54.2 Å². The molecule has 28 heavy (non-hydrogen) atoms. The van der Waals surface area contributed by atoms with E-state index in [-0.39, 0.29) is 23.5 Å². The van der Waals surface area contributed by atoms with Crippen molar-refractivity contribution in [2.24, 2.45) is 0 Å². The smallest absolute Gasteiger partial charge is 0.230 e. The van der Waals surface area contributed by atoms with Gasteiger partial charge in [0.2, 0.25) is 5.91 Å². The van der Waals surface area contributed by atoms with Crippen LogP contribution >= 0.6 is 11.8 Å². The minimum Gasteiger partial charge on any atom is -0.355 e. The van der Waals surface area contributed by atoms with Gasteiger partial charge in [0.05, 0.1) is 11.3 Å². The number of amides is 1. The number of hydrogen-bond acceptors (Lipinski definition) is 4. The molecule has 0 spiro atoms. The van der Waals surface area contributed by atoms with Crippen LogP contribution < -0.4 is 5.32 Å². The number of carbonyl (C=O) groups excluding carboxylic acids is 1. The van der Waals surface area contributed by atoms with Gasteiger partial charge in [-0.05, 0) is 38.0 Å². The van der Waals surface area contributed by atoms with Crippen LogP contribution in [0.3, 0.4) is 0 Å². The summed E-state index contributed by atoms with van der Waals surface area (Å²) in [5.74, 6) is 0.301. The first-order valence-corrected chi connectivity index (χ1v) is 10.2. The monoisotopic (exact) mass is 398 g/mol. The Labute approximate surface area is 168 Å². The molecule has 1 amide bonds. The minimum absolute atomic E-state index is 0.0354. The summed E-state index contributed by atoms with van der Waals surface area (Å²) in [6.07, 6.45) is 0.789. The number of carbonyl (C=O) groups is 1. The van der Waals surface area contributed by atoms with Crippen molar-refractivity contribution in [2.75, 3.05) is 12.3 Å². The highest BCUT2D eigenvalue weighted by atomic mass is 32.2. The number of nitrogens with zero attached hydrogens (tertiary/aromatic N) is 3. The van der Waals surface area contributed by atoms with Gasteiger partial charge in [-0.25, -0.2) is 4.39 Å². The summed E-state index contributed by atoms with van der Waals surface area (Å²) in [4.78, 5) is 12.2. The minimum atomic E-state index is -0.341. The van der Waals surface area contributed by atoms with E-state index in [1.54, 1.807) is 18.2 Å². The molecular weight excluding hydrogens is 375 g/mol. The third kappa shape index (κ3) is 4.98. The van der Waals surface area contributed by atoms with E-state index in [1.165, 1.54) is 23.4 Å². The Balaban J connectivity index is 1.61. The van der Waals surface area contributed by atoms with E-state index in [9.17, 15) is 9.18 Å². The lowest BCUT2D eigenvalue weighted by Crippen LogP contribution is -2.27. The lowest BCUT2D eigenvalue weighted by Gasteiger charge is -2.14. The molecule has 3 aromatic rings. The predicted molar refractivity (Wildman–Crippen MR) is 110 cm³/mol. The highest BCUT2D eigenvalue weighted by molar-refractivity contribution is 7.99. The van der Waals surface area contributed by atoms with Crippen molar-refractivity contribution in [1.82, 2.24) is 20.1 Å². The molecule has 1 N–H and O–H groups in total. The zero-order valence-corrected chi connectivity index (χ0v) is 16.7. The van der Waals surface area contributed by atoms with Gasteiger partial charge in [-0.3, -0.25) is 9.36 Å². The highest BCUT2D eigenvalue weighted by Crippen LogP contribution is 2.28. The van der Waals surface area contributed by atoms with E-state index in [1.807, 2.05) is 48.7 Å². The van der Waals surface area contributed by atoms with Gasteiger partial charge in [0.25, 0.3) is 0 Å². The van der Waals surface area contributed by atoms with Crippen LogP contribution in [0.1, 0.15) is 25.5 Å². The Morgan fingerprint density at radius 1 is 1.11 bits per heavy atom. The fraction of sp³-hybridized carbons (Fsp3) is 0.286. The highest BCUT2D eigenvalue weighted by Gasteiger charge is 2.19. The molecule has 146 valence electrons. The Bertz CT molecular complexity index is 927. The van der Waals surface area contributed by atoms with Crippen LogP contribution in [0.4, 0.5) is 4.39 Å². The Kier molecular flexibility index (Phi) is 6.81. The molecule has 0 aliphatic heterocycles. The standard InChI is InChI=1S/C21H23FN4OS/c1-15(2)26-20(17-10-6-7-11-18(17)22)24-25-21(26)28-14-19(27)23-13-12-16-8-4-3-5-9-16/h3-11,15H,12-14H2,1-2H3,(H,23,27). The Morgan fingerprint density at radius 3 is 2.54 bits per heavy atom. The van der Waals surface area contributed by atoms with Crippen LogP contribution in [0, 0.1) is 5.82 Å². The maximum Gasteiger partial charge on any atom is 0.230 e. The number of benzene rings is 2.